The number of likely N-dealkylation sites (tertiary alicyclic amines) is 1. The van der Waals surface area contributed by atoms with Crippen LogP contribution in [0.2, 0.25) is 0 Å². The fourth-order valence-corrected chi connectivity index (χ4v) is 5.87. The van der Waals surface area contributed by atoms with Crippen LogP contribution in [0.1, 0.15) is 17.0 Å². The minimum atomic E-state index is -5.08. The van der Waals surface area contributed by atoms with E-state index in [4.69, 9.17) is 9.90 Å². The van der Waals surface area contributed by atoms with Crippen molar-refractivity contribution >= 4 is 15.8 Å². The van der Waals surface area contributed by atoms with Crippen LogP contribution in [0.5, 0.6) is 0 Å². The van der Waals surface area contributed by atoms with E-state index in [0.717, 1.165) is 17.7 Å². The van der Waals surface area contributed by atoms with E-state index in [1.807, 2.05) is 12.1 Å². The Morgan fingerprint density at radius 2 is 1.66 bits per heavy atom. The first-order chi connectivity index (χ1) is 13.5. The van der Waals surface area contributed by atoms with Crippen LogP contribution in [0, 0.1) is 5.82 Å². The summed E-state index contributed by atoms with van der Waals surface area (Å²) in [6.07, 6.45) is -5.08. The standard InChI is InChI=1S/C17H16FNO2S.C2HF3O2/c18-13-7-5-12(6-8-13)9-19-10-15-14-3-1-2-4-16(14)22(20,21)17(15)11-19;3-2(4,5)1(6)7/h1-8,15,17H,9-11H2;(H,6,7). The van der Waals surface area contributed by atoms with E-state index in [-0.39, 0.29) is 17.0 Å². The average molecular weight is 431 g/mol. The number of sulfone groups is 1. The van der Waals surface area contributed by atoms with Gasteiger partial charge in [-0.2, -0.15) is 13.2 Å². The van der Waals surface area contributed by atoms with Gasteiger partial charge in [0.2, 0.25) is 0 Å². The molecule has 1 saturated heterocycles. The molecule has 2 aromatic rings. The van der Waals surface area contributed by atoms with Crippen LogP contribution >= 0.6 is 0 Å². The highest BCUT2D eigenvalue weighted by molar-refractivity contribution is 7.92. The van der Waals surface area contributed by atoms with E-state index >= 15 is 0 Å². The Morgan fingerprint density at radius 3 is 2.24 bits per heavy atom. The van der Waals surface area contributed by atoms with Crippen LogP contribution in [0.15, 0.2) is 53.4 Å². The number of benzene rings is 2. The number of aliphatic carboxylic acids is 1. The van der Waals surface area contributed by atoms with Crippen LogP contribution in [-0.2, 0) is 21.2 Å². The molecular formula is C19H17F4NO4S. The third kappa shape index (κ3) is 4.43. The summed E-state index contributed by atoms with van der Waals surface area (Å²) in [5.74, 6) is -2.95. The lowest BCUT2D eigenvalue weighted by Crippen LogP contribution is -2.25. The molecule has 0 radical (unpaired) electrons. The molecule has 5 nitrogen and oxygen atoms in total. The van der Waals surface area contributed by atoms with Crippen LogP contribution in [0.4, 0.5) is 17.6 Å². The molecule has 0 aliphatic carbocycles. The summed E-state index contributed by atoms with van der Waals surface area (Å²) in [7, 11) is -3.22. The number of hydrogen-bond donors (Lipinski definition) is 1. The fourth-order valence-electron chi connectivity index (χ4n) is 3.65. The maximum atomic E-state index is 13.0. The smallest absolute Gasteiger partial charge is 0.475 e. The first kappa shape index (κ1) is 21.3. The number of carboxylic acids is 1. The highest BCUT2D eigenvalue weighted by atomic mass is 32.2. The summed E-state index contributed by atoms with van der Waals surface area (Å²) in [6, 6.07) is 13.7. The Balaban J connectivity index is 0.000000298. The van der Waals surface area contributed by atoms with Crippen molar-refractivity contribution in [3.8, 4) is 0 Å². The predicted molar refractivity (Wildman–Crippen MR) is 95.5 cm³/mol. The Hall–Kier alpha value is -2.46. The summed E-state index contributed by atoms with van der Waals surface area (Å²) in [6.45, 7) is 1.93. The molecule has 2 aliphatic rings. The summed E-state index contributed by atoms with van der Waals surface area (Å²) in [5, 5.41) is 6.78. The molecule has 1 N–H and O–H groups in total. The molecule has 0 bridgehead atoms. The van der Waals surface area contributed by atoms with Gasteiger partial charge in [0.15, 0.2) is 9.84 Å². The van der Waals surface area contributed by atoms with Gasteiger partial charge in [-0.25, -0.2) is 17.6 Å². The number of nitrogens with zero attached hydrogens (tertiary/aromatic N) is 1. The molecule has 156 valence electrons. The van der Waals surface area contributed by atoms with E-state index in [1.165, 1.54) is 12.1 Å². The van der Waals surface area contributed by atoms with E-state index < -0.39 is 22.0 Å². The molecule has 1 fully saturated rings. The lowest BCUT2D eigenvalue weighted by atomic mass is 9.99. The van der Waals surface area contributed by atoms with E-state index in [2.05, 4.69) is 4.90 Å². The molecule has 2 atom stereocenters. The third-order valence-electron chi connectivity index (χ3n) is 4.93. The molecule has 2 aliphatic heterocycles. The van der Waals surface area contributed by atoms with Gasteiger partial charge in [-0.05, 0) is 29.3 Å². The molecular weight excluding hydrogens is 414 g/mol. The minimum Gasteiger partial charge on any atom is -0.475 e. The second kappa shape index (κ2) is 7.75. The quantitative estimate of drug-likeness (QED) is 0.740. The summed E-state index contributed by atoms with van der Waals surface area (Å²) >= 11 is 0. The molecule has 4 rings (SSSR count). The summed E-state index contributed by atoms with van der Waals surface area (Å²) in [5.41, 5.74) is 1.96. The number of carboxylic acid groups (broad SMARTS) is 1. The van der Waals surface area contributed by atoms with Crippen molar-refractivity contribution in [3.05, 3.63) is 65.5 Å². The molecule has 0 spiro atoms. The average Bonchev–Trinajstić information content (AvgIpc) is 3.15. The van der Waals surface area contributed by atoms with Gasteiger partial charge in [0, 0.05) is 25.6 Å². The highest BCUT2D eigenvalue weighted by Gasteiger charge is 2.49. The normalized spacial score (nSPS) is 22.3. The Labute approximate surface area is 164 Å². The number of halogens is 4. The van der Waals surface area contributed by atoms with Crippen molar-refractivity contribution in [2.75, 3.05) is 13.1 Å². The maximum absolute atomic E-state index is 13.0. The van der Waals surface area contributed by atoms with Gasteiger partial charge in [0.25, 0.3) is 0 Å². The minimum absolute atomic E-state index is 0.0571. The summed E-state index contributed by atoms with van der Waals surface area (Å²) in [4.78, 5) is 11.6. The third-order valence-corrected chi connectivity index (χ3v) is 7.19. The van der Waals surface area contributed by atoms with Crippen LogP contribution in [0.25, 0.3) is 0 Å². The lowest BCUT2D eigenvalue weighted by Gasteiger charge is -2.17. The van der Waals surface area contributed by atoms with Crippen LogP contribution in [-0.4, -0.2) is 48.9 Å². The van der Waals surface area contributed by atoms with E-state index in [0.29, 0.717) is 18.0 Å². The van der Waals surface area contributed by atoms with Crippen molar-refractivity contribution < 1.29 is 35.9 Å². The van der Waals surface area contributed by atoms with Gasteiger partial charge in [-0.1, -0.05) is 30.3 Å². The number of rotatable bonds is 2. The molecule has 2 aromatic carbocycles. The van der Waals surface area contributed by atoms with Crippen molar-refractivity contribution in [3.63, 3.8) is 0 Å². The molecule has 0 saturated carbocycles. The fraction of sp³-hybridized carbons (Fsp3) is 0.316. The molecule has 10 heteroatoms. The van der Waals surface area contributed by atoms with Gasteiger partial charge in [-0.3, -0.25) is 4.90 Å². The molecule has 0 aromatic heterocycles. The van der Waals surface area contributed by atoms with E-state index in [9.17, 15) is 26.0 Å². The van der Waals surface area contributed by atoms with Gasteiger partial charge in [0.05, 0.1) is 10.1 Å². The largest absolute Gasteiger partial charge is 0.490 e. The van der Waals surface area contributed by atoms with Gasteiger partial charge in [0.1, 0.15) is 5.82 Å². The molecule has 29 heavy (non-hydrogen) atoms. The molecule has 2 heterocycles. The Morgan fingerprint density at radius 1 is 1.07 bits per heavy atom. The lowest BCUT2D eigenvalue weighted by molar-refractivity contribution is -0.192. The topological polar surface area (TPSA) is 74.7 Å². The van der Waals surface area contributed by atoms with Crippen LogP contribution in [0.3, 0.4) is 0 Å². The first-order valence-corrected chi connectivity index (χ1v) is 10.1. The van der Waals surface area contributed by atoms with Crippen molar-refractivity contribution in [2.45, 2.75) is 28.8 Å². The number of hydrogen-bond acceptors (Lipinski definition) is 4. The van der Waals surface area contributed by atoms with Crippen molar-refractivity contribution in [2.24, 2.45) is 0 Å². The first-order valence-electron chi connectivity index (χ1n) is 8.60. The SMILES string of the molecule is O=C(O)C(F)(F)F.O=S1(=O)c2ccccc2C2CN(Cc3ccc(F)cc3)CC21. The van der Waals surface area contributed by atoms with E-state index in [1.54, 1.807) is 24.3 Å². The predicted octanol–water partition coefficient (Wildman–Crippen LogP) is 3.21. The van der Waals surface area contributed by atoms with Gasteiger partial charge in [-0.15, -0.1) is 0 Å². The Kier molecular flexibility index (Phi) is 5.68. The monoisotopic (exact) mass is 431 g/mol. The second-order valence-corrected chi connectivity index (χ2v) is 8.99. The maximum Gasteiger partial charge on any atom is 0.490 e. The number of fused-ring (bicyclic) bond motifs is 3. The van der Waals surface area contributed by atoms with Gasteiger partial charge < -0.3 is 5.11 Å². The van der Waals surface area contributed by atoms with Crippen molar-refractivity contribution in [1.82, 2.24) is 4.90 Å². The Bertz CT molecular complexity index is 1010. The van der Waals surface area contributed by atoms with Crippen LogP contribution < -0.4 is 0 Å². The number of carbonyl (C=O) groups is 1. The number of alkyl halides is 3. The molecule has 2 unspecified atom stereocenters. The summed E-state index contributed by atoms with van der Waals surface area (Å²) < 4.78 is 70.0. The highest BCUT2D eigenvalue weighted by Crippen LogP contribution is 2.44. The second-order valence-electron chi connectivity index (χ2n) is 6.85. The zero-order chi connectivity index (χ0) is 21.4. The van der Waals surface area contributed by atoms with Crippen molar-refractivity contribution in [1.29, 1.82) is 0 Å². The molecule has 0 amide bonds. The zero-order valence-corrected chi connectivity index (χ0v) is 15.8. The van der Waals surface area contributed by atoms with Gasteiger partial charge >= 0.3 is 12.1 Å². The zero-order valence-electron chi connectivity index (χ0n) is 14.9.